The molecule has 6 heteroatoms. The Labute approximate surface area is 81.5 Å². The van der Waals surface area contributed by atoms with E-state index >= 15 is 0 Å². The largest absolute Gasteiger partial charge is 0.226 e. The monoisotopic (exact) mass is 242 g/mol. The highest BCUT2D eigenvalue weighted by Crippen LogP contribution is 2.08. The number of hydrogen-bond acceptors (Lipinski definition) is 3. The average Bonchev–Trinajstić information content (AvgIpc) is 2.53. The molecule has 0 aliphatic rings. The first-order valence-electron chi connectivity index (χ1n) is 3.45. The average molecular weight is 243 g/mol. The molecule has 0 aliphatic carbocycles. The van der Waals surface area contributed by atoms with E-state index in [1.54, 1.807) is 12.3 Å². The van der Waals surface area contributed by atoms with Crippen LogP contribution in [-0.2, 0) is 0 Å². The molecule has 4 nitrogen and oxygen atoms in total. The van der Waals surface area contributed by atoms with Crippen molar-refractivity contribution in [3.05, 3.63) is 35.1 Å². The van der Waals surface area contributed by atoms with Crippen molar-refractivity contribution in [1.29, 1.82) is 0 Å². The Balaban J connectivity index is 2.41. The fourth-order valence-electron chi connectivity index (χ4n) is 0.873. The third kappa shape index (κ3) is 1.72. The number of nitrogens with zero attached hydrogens (tertiary/aromatic N) is 4. The van der Waals surface area contributed by atoms with Gasteiger partial charge in [-0.2, -0.15) is 4.39 Å². The lowest BCUT2D eigenvalue weighted by molar-refractivity contribution is 0.582. The summed E-state index contributed by atoms with van der Waals surface area (Å²) >= 11 is 3.15. The van der Waals surface area contributed by atoms with Crippen molar-refractivity contribution in [1.82, 2.24) is 20.0 Å². The zero-order valence-corrected chi connectivity index (χ0v) is 7.94. The van der Waals surface area contributed by atoms with Crippen molar-refractivity contribution < 1.29 is 4.39 Å². The number of hydrogen-bond donors (Lipinski definition) is 0. The lowest BCUT2D eigenvalue weighted by atomic mass is 10.4. The van der Waals surface area contributed by atoms with Crippen LogP contribution in [0.4, 0.5) is 4.39 Å². The Morgan fingerprint density at radius 3 is 2.77 bits per heavy atom. The van der Waals surface area contributed by atoms with Crippen LogP contribution in [0.3, 0.4) is 0 Å². The van der Waals surface area contributed by atoms with E-state index < -0.39 is 5.95 Å². The van der Waals surface area contributed by atoms with E-state index in [1.165, 1.54) is 16.9 Å². The molecule has 0 bridgehead atoms. The van der Waals surface area contributed by atoms with Crippen molar-refractivity contribution in [3.8, 4) is 5.69 Å². The lowest BCUT2D eigenvalue weighted by Gasteiger charge is -1.96. The van der Waals surface area contributed by atoms with E-state index in [0.29, 0.717) is 10.3 Å². The van der Waals surface area contributed by atoms with Gasteiger partial charge in [-0.1, -0.05) is 5.21 Å². The molecule has 2 aromatic rings. The standard InChI is InChI=1S/C7H4BrFN4/c8-6-4-13(12-11-6)5-1-2-7(9)10-3-5/h1-4H. The van der Waals surface area contributed by atoms with Crippen molar-refractivity contribution in [2.24, 2.45) is 0 Å². The molecule has 0 unspecified atom stereocenters. The normalized spacial score (nSPS) is 10.3. The molecule has 0 aliphatic heterocycles. The summed E-state index contributed by atoms with van der Waals surface area (Å²) in [6, 6.07) is 2.84. The molecule has 66 valence electrons. The lowest BCUT2D eigenvalue weighted by Crippen LogP contribution is -1.96. The van der Waals surface area contributed by atoms with Gasteiger partial charge in [0, 0.05) is 0 Å². The third-order valence-electron chi connectivity index (χ3n) is 1.44. The highest BCUT2D eigenvalue weighted by Gasteiger charge is 2.00. The third-order valence-corrected chi connectivity index (χ3v) is 1.81. The summed E-state index contributed by atoms with van der Waals surface area (Å²) in [5.41, 5.74) is 0.666. The molecule has 2 heterocycles. The van der Waals surface area contributed by atoms with E-state index in [9.17, 15) is 4.39 Å². The van der Waals surface area contributed by atoms with Gasteiger partial charge in [0.25, 0.3) is 0 Å². The predicted octanol–water partition coefficient (Wildman–Crippen LogP) is 1.56. The molecular weight excluding hydrogens is 239 g/mol. The summed E-state index contributed by atoms with van der Waals surface area (Å²) in [4.78, 5) is 3.49. The van der Waals surface area contributed by atoms with Gasteiger partial charge in [-0.25, -0.2) is 9.67 Å². The van der Waals surface area contributed by atoms with Gasteiger partial charge in [-0.15, -0.1) is 5.10 Å². The quantitative estimate of drug-likeness (QED) is 0.714. The minimum Gasteiger partial charge on any atom is -0.226 e. The summed E-state index contributed by atoms with van der Waals surface area (Å²) in [6.07, 6.45) is 3.05. The van der Waals surface area contributed by atoms with Gasteiger partial charge in [-0.3, -0.25) is 0 Å². The number of halogens is 2. The van der Waals surface area contributed by atoms with Crippen LogP contribution in [0.5, 0.6) is 0 Å². The number of rotatable bonds is 1. The molecule has 2 aromatic heterocycles. The fourth-order valence-corrected chi connectivity index (χ4v) is 1.14. The Kier molecular flexibility index (Phi) is 2.05. The Morgan fingerprint density at radius 2 is 2.23 bits per heavy atom. The Morgan fingerprint density at radius 1 is 1.38 bits per heavy atom. The van der Waals surface area contributed by atoms with E-state index in [4.69, 9.17) is 0 Å². The highest BCUT2D eigenvalue weighted by molar-refractivity contribution is 9.10. The molecule has 0 spiro atoms. The molecule has 0 saturated carbocycles. The van der Waals surface area contributed by atoms with Gasteiger partial charge >= 0.3 is 0 Å². The van der Waals surface area contributed by atoms with E-state index in [1.807, 2.05) is 0 Å². The van der Waals surface area contributed by atoms with Crippen molar-refractivity contribution >= 4 is 15.9 Å². The molecular formula is C7H4BrFN4. The fraction of sp³-hybridized carbons (Fsp3) is 0. The summed E-state index contributed by atoms with van der Waals surface area (Å²) in [5, 5.41) is 7.50. The van der Waals surface area contributed by atoms with Gasteiger partial charge in [0.15, 0.2) is 0 Å². The molecule has 0 aromatic carbocycles. The molecule has 0 fully saturated rings. The van der Waals surface area contributed by atoms with Gasteiger partial charge < -0.3 is 0 Å². The van der Waals surface area contributed by atoms with Crippen LogP contribution in [0.25, 0.3) is 5.69 Å². The molecule has 0 N–H and O–H groups in total. The summed E-state index contributed by atoms with van der Waals surface area (Å²) < 4.78 is 14.6. The predicted molar refractivity (Wildman–Crippen MR) is 46.8 cm³/mol. The second kappa shape index (κ2) is 3.21. The topological polar surface area (TPSA) is 43.6 Å². The minimum atomic E-state index is -0.511. The van der Waals surface area contributed by atoms with Gasteiger partial charge in [0.1, 0.15) is 4.60 Å². The molecule has 0 radical (unpaired) electrons. The number of aromatic nitrogens is 4. The smallest absolute Gasteiger partial charge is 0.212 e. The van der Waals surface area contributed by atoms with Gasteiger partial charge in [0.2, 0.25) is 5.95 Å². The second-order valence-electron chi connectivity index (χ2n) is 2.32. The first-order valence-corrected chi connectivity index (χ1v) is 4.25. The van der Waals surface area contributed by atoms with Crippen LogP contribution in [-0.4, -0.2) is 20.0 Å². The first-order chi connectivity index (χ1) is 6.25. The van der Waals surface area contributed by atoms with Crippen LogP contribution in [0, 0.1) is 5.95 Å². The maximum atomic E-state index is 12.4. The maximum absolute atomic E-state index is 12.4. The van der Waals surface area contributed by atoms with Gasteiger partial charge in [-0.05, 0) is 28.1 Å². The molecule has 0 saturated heterocycles. The minimum absolute atomic E-state index is 0.511. The highest BCUT2D eigenvalue weighted by atomic mass is 79.9. The zero-order chi connectivity index (χ0) is 9.26. The van der Waals surface area contributed by atoms with Crippen molar-refractivity contribution in [2.45, 2.75) is 0 Å². The molecule has 2 rings (SSSR count). The van der Waals surface area contributed by atoms with Crippen LogP contribution < -0.4 is 0 Å². The summed E-state index contributed by atoms with van der Waals surface area (Å²) in [6.45, 7) is 0. The maximum Gasteiger partial charge on any atom is 0.212 e. The molecule has 13 heavy (non-hydrogen) atoms. The van der Waals surface area contributed by atoms with Crippen LogP contribution >= 0.6 is 15.9 Å². The van der Waals surface area contributed by atoms with E-state index in [-0.39, 0.29) is 0 Å². The first kappa shape index (κ1) is 8.31. The van der Waals surface area contributed by atoms with Crippen LogP contribution in [0.1, 0.15) is 0 Å². The molecule has 0 amide bonds. The van der Waals surface area contributed by atoms with E-state index in [2.05, 4.69) is 31.2 Å². The van der Waals surface area contributed by atoms with Crippen LogP contribution in [0.2, 0.25) is 0 Å². The van der Waals surface area contributed by atoms with Gasteiger partial charge in [0.05, 0.1) is 18.1 Å². The Bertz CT molecular complexity index is 411. The van der Waals surface area contributed by atoms with E-state index in [0.717, 1.165) is 0 Å². The van der Waals surface area contributed by atoms with Crippen LogP contribution in [0.15, 0.2) is 29.1 Å². The molecule has 0 atom stereocenters. The second-order valence-corrected chi connectivity index (χ2v) is 3.14. The zero-order valence-electron chi connectivity index (χ0n) is 6.35. The Hall–Kier alpha value is -1.30. The summed E-state index contributed by atoms with van der Waals surface area (Å²) in [5.74, 6) is -0.511. The van der Waals surface area contributed by atoms with Crippen molar-refractivity contribution in [2.75, 3.05) is 0 Å². The summed E-state index contributed by atoms with van der Waals surface area (Å²) in [7, 11) is 0. The SMILES string of the molecule is Fc1ccc(-n2cc(Br)nn2)cn1. The number of pyridine rings is 1. The van der Waals surface area contributed by atoms with Crippen molar-refractivity contribution in [3.63, 3.8) is 0 Å².